The van der Waals surface area contributed by atoms with E-state index in [1.807, 2.05) is 4.90 Å². The van der Waals surface area contributed by atoms with Crippen molar-refractivity contribution in [3.63, 3.8) is 0 Å². The van der Waals surface area contributed by atoms with Gasteiger partial charge >= 0.3 is 0 Å². The number of rotatable bonds is 7. The zero-order valence-electron chi connectivity index (χ0n) is 16.0. The fraction of sp³-hybridized carbons (Fsp3) is 0.650. The van der Waals surface area contributed by atoms with Crippen LogP contribution in [0.5, 0.6) is 0 Å². The number of carbonyl (C=O) groups is 1. The minimum Gasteiger partial charge on any atom is -0.472 e. The molecule has 2 fully saturated rings. The van der Waals surface area contributed by atoms with Crippen LogP contribution in [0.4, 0.5) is 0 Å². The minimum atomic E-state index is -0.180. The number of amides is 1. The number of furan rings is 1. The lowest BCUT2D eigenvalue weighted by atomic mass is 10.0. The summed E-state index contributed by atoms with van der Waals surface area (Å²) in [6, 6.07) is 1.50. The van der Waals surface area contributed by atoms with Gasteiger partial charge in [0.1, 0.15) is 12.3 Å². The predicted molar refractivity (Wildman–Crippen MR) is 98.7 cm³/mol. The van der Waals surface area contributed by atoms with Gasteiger partial charge in [0, 0.05) is 32.8 Å². The molecule has 4 heterocycles. The van der Waals surface area contributed by atoms with Gasteiger partial charge < -0.3 is 23.3 Å². The Hall–Kier alpha value is -2.19. The van der Waals surface area contributed by atoms with Gasteiger partial charge in [-0.15, -0.1) is 0 Å². The Kier molecular flexibility index (Phi) is 6.38. The first kappa shape index (κ1) is 19.1. The monoisotopic (exact) mass is 389 g/mol. The van der Waals surface area contributed by atoms with Crippen molar-refractivity contribution in [3.8, 4) is 0 Å². The summed E-state index contributed by atoms with van der Waals surface area (Å²) >= 11 is 0. The summed E-state index contributed by atoms with van der Waals surface area (Å²) in [5.74, 6) is 1.66. The molecule has 0 aromatic carbocycles. The molecule has 8 nitrogen and oxygen atoms in total. The number of carbonyl (C=O) groups excluding carboxylic acids is 1. The fourth-order valence-electron chi connectivity index (χ4n) is 3.81. The van der Waals surface area contributed by atoms with E-state index in [-0.39, 0.29) is 11.9 Å². The van der Waals surface area contributed by atoms with Crippen molar-refractivity contribution >= 4 is 5.91 Å². The smallest absolute Gasteiger partial charge is 0.257 e. The third kappa shape index (κ3) is 4.62. The first-order valence-corrected chi connectivity index (χ1v) is 10.1. The molecule has 0 radical (unpaired) electrons. The number of hydrogen-bond donors (Lipinski definition) is 0. The minimum absolute atomic E-state index is 0.0574. The van der Waals surface area contributed by atoms with Crippen LogP contribution in [0.1, 0.15) is 60.2 Å². The Bertz CT molecular complexity index is 739. The van der Waals surface area contributed by atoms with Gasteiger partial charge in [0.15, 0.2) is 5.82 Å². The van der Waals surface area contributed by atoms with Crippen LogP contribution in [0.2, 0.25) is 0 Å². The Morgan fingerprint density at radius 2 is 2.14 bits per heavy atom. The lowest BCUT2D eigenvalue weighted by molar-refractivity contribution is 0.0211. The molecule has 0 N–H and O–H groups in total. The summed E-state index contributed by atoms with van der Waals surface area (Å²) in [5, 5.41) is 4.09. The van der Waals surface area contributed by atoms with Gasteiger partial charge in [0.25, 0.3) is 5.91 Å². The molecule has 2 aliphatic heterocycles. The lowest BCUT2D eigenvalue weighted by Crippen LogP contribution is -2.38. The van der Waals surface area contributed by atoms with E-state index >= 15 is 0 Å². The average molecular weight is 389 g/mol. The second kappa shape index (κ2) is 9.34. The van der Waals surface area contributed by atoms with Crippen molar-refractivity contribution in [1.82, 2.24) is 15.0 Å². The van der Waals surface area contributed by atoms with E-state index < -0.39 is 0 Å². The highest BCUT2D eigenvalue weighted by molar-refractivity contribution is 5.94. The van der Waals surface area contributed by atoms with E-state index in [9.17, 15) is 4.79 Å². The molecule has 0 aliphatic carbocycles. The maximum atomic E-state index is 12.8. The van der Waals surface area contributed by atoms with Crippen molar-refractivity contribution < 1.29 is 23.2 Å². The van der Waals surface area contributed by atoms with Crippen LogP contribution < -0.4 is 0 Å². The standard InChI is InChI=1S/C20H27N3O5/c24-20(16-6-11-27-14-16)23-8-2-1-3-17(23)19-21-18(22-28-19)7-12-26-13-15-4-9-25-10-5-15/h6,11,14-15,17H,1-5,7-10,12-13H2. The molecule has 0 spiro atoms. The van der Waals surface area contributed by atoms with Gasteiger partial charge in [-0.3, -0.25) is 4.79 Å². The van der Waals surface area contributed by atoms with E-state index in [0.29, 0.717) is 42.8 Å². The van der Waals surface area contributed by atoms with Crippen LogP contribution in [0.25, 0.3) is 0 Å². The molecule has 152 valence electrons. The van der Waals surface area contributed by atoms with Crippen molar-refractivity contribution in [3.05, 3.63) is 35.9 Å². The SMILES string of the molecule is O=C(c1ccoc1)N1CCCCC1c1nc(CCOCC2CCOCC2)no1. The van der Waals surface area contributed by atoms with Crippen molar-refractivity contribution in [2.45, 2.75) is 44.6 Å². The van der Waals surface area contributed by atoms with Crippen LogP contribution in [0, 0.1) is 5.92 Å². The van der Waals surface area contributed by atoms with Crippen LogP contribution >= 0.6 is 0 Å². The van der Waals surface area contributed by atoms with Gasteiger partial charge in [-0.2, -0.15) is 4.98 Å². The highest BCUT2D eigenvalue weighted by Crippen LogP contribution is 2.31. The predicted octanol–water partition coefficient (Wildman–Crippen LogP) is 3.02. The maximum absolute atomic E-state index is 12.8. The van der Waals surface area contributed by atoms with Crippen molar-refractivity contribution in [2.75, 3.05) is 33.0 Å². The molecule has 28 heavy (non-hydrogen) atoms. The van der Waals surface area contributed by atoms with Crippen LogP contribution in [0.15, 0.2) is 27.5 Å². The summed E-state index contributed by atoms with van der Waals surface area (Å²) in [6.07, 6.45) is 8.55. The van der Waals surface area contributed by atoms with E-state index in [0.717, 1.165) is 51.9 Å². The number of aromatic nitrogens is 2. The second-order valence-corrected chi connectivity index (χ2v) is 7.45. The van der Waals surface area contributed by atoms with Gasteiger partial charge in [0.05, 0.1) is 18.4 Å². The van der Waals surface area contributed by atoms with Crippen molar-refractivity contribution in [2.24, 2.45) is 5.92 Å². The Morgan fingerprint density at radius 1 is 1.25 bits per heavy atom. The molecule has 1 atom stereocenters. The largest absolute Gasteiger partial charge is 0.472 e. The Morgan fingerprint density at radius 3 is 2.96 bits per heavy atom. The number of ether oxygens (including phenoxy) is 2. The van der Waals surface area contributed by atoms with Crippen LogP contribution in [0.3, 0.4) is 0 Å². The molecular formula is C20H27N3O5. The van der Waals surface area contributed by atoms with Gasteiger partial charge in [-0.25, -0.2) is 0 Å². The molecule has 2 saturated heterocycles. The van der Waals surface area contributed by atoms with Gasteiger partial charge in [0.2, 0.25) is 5.89 Å². The summed E-state index contributed by atoms with van der Waals surface area (Å²) in [7, 11) is 0. The topological polar surface area (TPSA) is 90.8 Å². The van der Waals surface area contributed by atoms with Crippen molar-refractivity contribution in [1.29, 1.82) is 0 Å². The zero-order valence-corrected chi connectivity index (χ0v) is 16.0. The Labute approximate surface area is 164 Å². The number of hydrogen-bond acceptors (Lipinski definition) is 7. The van der Waals surface area contributed by atoms with Crippen LogP contribution in [-0.4, -0.2) is 53.9 Å². The van der Waals surface area contributed by atoms with Gasteiger partial charge in [-0.05, 0) is 44.1 Å². The molecule has 2 aromatic heterocycles. The number of piperidine rings is 1. The third-order valence-electron chi connectivity index (χ3n) is 5.47. The van der Waals surface area contributed by atoms with E-state index in [2.05, 4.69) is 10.1 Å². The summed E-state index contributed by atoms with van der Waals surface area (Å²) in [4.78, 5) is 19.1. The second-order valence-electron chi connectivity index (χ2n) is 7.45. The average Bonchev–Trinajstić information content (AvgIpc) is 3.44. The molecule has 8 heteroatoms. The maximum Gasteiger partial charge on any atom is 0.257 e. The molecule has 2 aromatic rings. The van der Waals surface area contributed by atoms with E-state index in [1.54, 1.807) is 6.07 Å². The van der Waals surface area contributed by atoms with E-state index in [4.69, 9.17) is 18.4 Å². The molecule has 0 saturated carbocycles. The molecule has 1 amide bonds. The number of likely N-dealkylation sites (tertiary alicyclic amines) is 1. The molecule has 0 bridgehead atoms. The highest BCUT2D eigenvalue weighted by Gasteiger charge is 2.33. The Balaban J connectivity index is 1.31. The van der Waals surface area contributed by atoms with E-state index in [1.165, 1.54) is 12.5 Å². The third-order valence-corrected chi connectivity index (χ3v) is 5.47. The van der Waals surface area contributed by atoms with Gasteiger partial charge in [-0.1, -0.05) is 5.16 Å². The fourth-order valence-corrected chi connectivity index (χ4v) is 3.81. The van der Waals surface area contributed by atoms with Crippen LogP contribution in [-0.2, 0) is 15.9 Å². The molecule has 4 rings (SSSR count). The lowest BCUT2D eigenvalue weighted by Gasteiger charge is -2.33. The summed E-state index contributed by atoms with van der Waals surface area (Å²) < 4.78 is 21.7. The first-order valence-electron chi connectivity index (χ1n) is 10.1. The summed E-state index contributed by atoms with van der Waals surface area (Å²) in [6.45, 7) is 3.66. The zero-order chi connectivity index (χ0) is 19.2. The molecule has 1 unspecified atom stereocenters. The quantitative estimate of drug-likeness (QED) is 0.672. The highest BCUT2D eigenvalue weighted by atomic mass is 16.5. The normalized spacial score (nSPS) is 21.1. The number of nitrogens with zero attached hydrogens (tertiary/aromatic N) is 3. The summed E-state index contributed by atoms with van der Waals surface area (Å²) in [5.41, 5.74) is 0.549. The molecule has 2 aliphatic rings. The first-order chi connectivity index (χ1) is 13.8. The molecular weight excluding hydrogens is 362 g/mol.